The topological polar surface area (TPSA) is 33.6 Å². The fourth-order valence-corrected chi connectivity index (χ4v) is 10.2. The normalized spacial score (nSPS) is 12.1. The van der Waals surface area contributed by atoms with Gasteiger partial charge in [-0.3, -0.25) is 0 Å². The summed E-state index contributed by atoms with van der Waals surface area (Å²) in [5.41, 5.74) is 6.81. The Kier molecular flexibility index (Phi) is 5.21. The molecular weight excluding hydrogens is 623 g/mol. The van der Waals surface area contributed by atoms with Gasteiger partial charge in [0.2, 0.25) is 0 Å². The first-order valence-corrected chi connectivity index (χ1v) is 17.6. The fourth-order valence-electron chi connectivity index (χ4n) is 7.91. The molecule has 0 atom stereocenters. The van der Waals surface area contributed by atoms with Gasteiger partial charge in [-0.25, -0.2) is 0 Å². The van der Waals surface area contributed by atoms with Crippen LogP contribution in [0.1, 0.15) is 5.56 Å². The van der Waals surface area contributed by atoms with Crippen LogP contribution in [0, 0.1) is 11.3 Å². The van der Waals surface area contributed by atoms with E-state index >= 15 is 0 Å². The lowest BCUT2D eigenvalue weighted by Crippen LogP contribution is -2.04. The van der Waals surface area contributed by atoms with Gasteiger partial charge in [0.05, 0.1) is 33.4 Å². The fraction of sp³-hybridized carbons (Fsp3) is 0. The SMILES string of the molecule is N#Cc1c(-n2c3ccccc3c3cc4sc5ccccc5c4cc32)cccc1-n1c2ccccc2c2cc3sc4ccccc4c3cc21. The molecule has 222 valence electrons. The summed E-state index contributed by atoms with van der Waals surface area (Å²) < 4.78 is 9.73. The molecule has 3 nitrogen and oxygen atoms in total. The summed E-state index contributed by atoms with van der Waals surface area (Å²) in [6.45, 7) is 0. The molecule has 5 heteroatoms. The summed E-state index contributed by atoms with van der Waals surface area (Å²) in [5, 5.41) is 20.9. The average molecular weight is 646 g/mol. The summed E-state index contributed by atoms with van der Waals surface area (Å²) >= 11 is 3.68. The largest absolute Gasteiger partial charge is 0.308 e. The Balaban J connectivity index is 1.26. The van der Waals surface area contributed by atoms with Gasteiger partial charge in [-0.15, -0.1) is 22.7 Å². The summed E-state index contributed by atoms with van der Waals surface area (Å²) in [4.78, 5) is 0. The number of hydrogen-bond donors (Lipinski definition) is 0. The lowest BCUT2D eigenvalue weighted by molar-refractivity contribution is 1.12. The lowest BCUT2D eigenvalue weighted by atomic mass is 10.1. The van der Waals surface area contributed by atoms with Gasteiger partial charge in [0, 0.05) is 61.9 Å². The molecule has 11 rings (SSSR count). The molecule has 0 spiro atoms. The van der Waals surface area contributed by atoms with Crippen LogP contribution in [0.5, 0.6) is 0 Å². The minimum atomic E-state index is 0.647. The van der Waals surface area contributed by atoms with Crippen LogP contribution in [0.3, 0.4) is 0 Å². The quantitative estimate of drug-likeness (QED) is 0.184. The number of aromatic nitrogens is 2. The molecule has 0 bridgehead atoms. The monoisotopic (exact) mass is 645 g/mol. The minimum absolute atomic E-state index is 0.647. The van der Waals surface area contributed by atoms with E-state index < -0.39 is 0 Å². The second kappa shape index (κ2) is 9.56. The maximum absolute atomic E-state index is 11.1. The Bertz CT molecular complexity index is 2990. The van der Waals surface area contributed by atoms with E-state index in [1.807, 2.05) is 22.7 Å². The number of fused-ring (bicyclic) bond motifs is 12. The number of hydrogen-bond acceptors (Lipinski definition) is 3. The van der Waals surface area contributed by atoms with E-state index in [-0.39, 0.29) is 0 Å². The van der Waals surface area contributed by atoms with E-state index in [2.05, 4.69) is 155 Å². The molecule has 0 unspecified atom stereocenters. The van der Waals surface area contributed by atoms with Gasteiger partial charge >= 0.3 is 0 Å². The van der Waals surface area contributed by atoms with Crippen molar-refractivity contribution >= 4 is 107 Å². The van der Waals surface area contributed by atoms with E-state index in [4.69, 9.17) is 0 Å². The summed E-state index contributed by atoms with van der Waals surface area (Å²) in [6, 6.07) is 52.8. The van der Waals surface area contributed by atoms with Crippen molar-refractivity contribution in [3.05, 3.63) is 145 Å². The van der Waals surface area contributed by atoms with Crippen molar-refractivity contribution in [1.29, 1.82) is 5.26 Å². The second-order valence-electron chi connectivity index (χ2n) is 12.4. The smallest absolute Gasteiger partial charge is 0.104 e. The lowest BCUT2D eigenvalue weighted by Gasteiger charge is -2.16. The van der Waals surface area contributed by atoms with Crippen LogP contribution in [0.25, 0.3) is 95.3 Å². The van der Waals surface area contributed by atoms with Crippen molar-refractivity contribution in [2.45, 2.75) is 0 Å². The number of thiophene rings is 2. The summed E-state index contributed by atoms with van der Waals surface area (Å²) in [7, 11) is 0. The molecule has 11 aromatic rings. The van der Waals surface area contributed by atoms with Crippen molar-refractivity contribution < 1.29 is 0 Å². The molecule has 0 aliphatic rings. The van der Waals surface area contributed by atoms with Gasteiger partial charge in [0.1, 0.15) is 11.6 Å². The van der Waals surface area contributed by atoms with Crippen LogP contribution in [-0.2, 0) is 0 Å². The highest BCUT2D eigenvalue weighted by atomic mass is 32.1. The van der Waals surface area contributed by atoms with Crippen LogP contribution in [-0.4, -0.2) is 9.13 Å². The van der Waals surface area contributed by atoms with E-state index in [1.54, 1.807) is 0 Å². The van der Waals surface area contributed by atoms with E-state index in [0.29, 0.717) is 5.56 Å². The van der Waals surface area contributed by atoms with Crippen LogP contribution < -0.4 is 0 Å². The van der Waals surface area contributed by atoms with Crippen LogP contribution >= 0.6 is 22.7 Å². The summed E-state index contributed by atoms with van der Waals surface area (Å²) in [6.07, 6.45) is 0. The highest BCUT2D eigenvalue weighted by molar-refractivity contribution is 7.26. The zero-order valence-electron chi connectivity index (χ0n) is 25.4. The van der Waals surface area contributed by atoms with Crippen LogP contribution in [0.2, 0.25) is 0 Å². The van der Waals surface area contributed by atoms with Crippen molar-refractivity contribution in [1.82, 2.24) is 9.13 Å². The number of nitrogens with zero attached hydrogens (tertiary/aromatic N) is 3. The molecule has 48 heavy (non-hydrogen) atoms. The molecule has 0 saturated heterocycles. The minimum Gasteiger partial charge on any atom is -0.308 e. The molecule has 0 aliphatic carbocycles. The number of nitriles is 1. The van der Waals surface area contributed by atoms with Gasteiger partial charge < -0.3 is 9.13 Å². The first kappa shape index (κ1) is 26.2. The first-order valence-electron chi connectivity index (χ1n) is 16.0. The van der Waals surface area contributed by atoms with Crippen LogP contribution in [0.4, 0.5) is 0 Å². The molecule has 0 aliphatic heterocycles. The Hall–Kier alpha value is -5.93. The van der Waals surface area contributed by atoms with Gasteiger partial charge in [-0.1, -0.05) is 78.9 Å². The third-order valence-electron chi connectivity index (χ3n) is 9.96. The zero-order chi connectivity index (χ0) is 31.5. The Morgan fingerprint density at radius 1 is 0.375 bits per heavy atom. The third kappa shape index (κ3) is 3.40. The molecule has 7 aromatic carbocycles. The van der Waals surface area contributed by atoms with Crippen molar-refractivity contribution in [3.63, 3.8) is 0 Å². The standard InChI is InChI=1S/C43H23N3S2/c44-24-33-36(45-34-14-5-1-10-25(34)29-22-42-31(20-38(29)45)27-12-3-7-18-40(27)47-42)16-9-17-37(33)46-35-15-6-2-11-26(35)30-23-43-32(21-39(30)46)28-13-4-8-19-41(28)48-43/h1-23H. The third-order valence-corrected chi connectivity index (χ3v) is 12.2. The Labute approximate surface area is 282 Å². The molecule has 0 fully saturated rings. The molecule has 0 radical (unpaired) electrons. The Morgan fingerprint density at radius 2 is 0.812 bits per heavy atom. The molecule has 0 amide bonds. The van der Waals surface area contributed by atoms with E-state index in [0.717, 1.165) is 33.4 Å². The molecule has 4 heterocycles. The van der Waals surface area contributed by atoms with Crippen LogP contribution in [0.15, 0.2) is 140 Å². The van der Waals surface area contributed by atoms with E-state index in [9.17, 15) is 5.26 Å². The number of benzene rings is 7. The number of para-hydroxylation sites is 2. The highest BCUT2D eigenvalue weighted by Crippen LogP contribution is 2.43. The van der Waals surface area contributed by atoms with Crippen molar-refractivity contribution in [2.75, 3.05) is 0 Å². The predicted molar refractivity (Wildman–Crippen MR) is 206 cm³/mol. The maximum atomic E-state index is 11.1. The molecular formula is C43H23N3S2. The predicted octanol–water partition coefficient (Wildman–Crippen LogP) is 12.5. The summed E-state index contributed by atoms with van der Waals surface area (Å²) in [5.74, 6) is 0. The first-order chi connectivity index (χ1) is 23.8. The van der Waals surface area contributed by atoms with Crippen molar-refractivity contribution in [2.24, 2.45) is 0 Å². The van der Waals surface area contributed by atoms with Gasteiger partial charge in [0.25, 0.3) is 0 Å². The highest BCUT2D eigenvalue weighted by Gasteiger charge is 2.22. The zero-order valence-corrected chi connectivity index (χ0v) is 27.1. The molecule has 0 N–H and O–H groups in total. The van der Waals surface area contributed by atoms with E-state index in [1.165, 1.54) is 61.9 Å². The molecule has 4 aromatic heterocycles. The second-order valence-corrected chi connectivity index (χ2v) is 14.6. The van der Waals surface area contributed by atoms with Crippen molar-refractivity contribution in [3.8, 4) is 17.4 Å². The van der Waals surface area contributed by atoms with Gasteiger partial charge in [0.15, 0.2) is 0 Å². The number of rotatable bonds is 2. The molecule has 0 saturated carbocycles. The average Bonchev–Trinajstić information content (AvgIpc) is 3.86. The van der Waals surface area contributed by atoms with Gasteiger partial charge in [-0.2, -0.15) is 5.26 Å². The Morgan fingerprint density at radius 3 is 1.29 bits per heavy atom. The van der Waals surface area contributed by atoms with Gasteiger partial charge in [-0.05, 0) is 60.7 Å². The maximum Gasteiger partial charge on any atom is 0.104 e.